The van der Waals surface area contributed by atoms with Gasteiger partial charge in [-0.05, 0) is 13.8 Å². The van der Waals surface area contributed by atoms with Crippen LogP contribution in [0.2, 0.25) is 0 Å². The van der Waals surface area contributed by atoms with Crippen molar-refractivity contribution in [1.82, 2.24) is 19.1 Å². The zero-order valence-corrected chi connectivity index (χ0v) is 22.9. The Morgan fingerprint density at radius 1 is 1.10 bits per heavy atom. The number of hydrogen-bond donors (Lipinski definition) is 4. The van der Waals surface area contributed by atoms with Crippen LogP contribution in [0.3, 0.4) is 0 Å². The molecule has 18 heteroatoms. The maximum absolute atomic E-state index is 13.7. The number of phosphoric ester groups is 1. The van der Waals surface area contributed by atoms with E-state index in [2.05, 4.69) is 9.97 Å². The molecule has 6 rings (SSSR count). The molecular weight excluding hydrogens is 571 g/mol. The fraction of sp³-hybridized carbons (Fsp3) is 0.652. The van der Waals surface area contributed by atoms with Gasteiger partial charge in [0, 0.05) is 36.4 Å². The second-order valence-corrected chi connectivity index (χ2v) is 12.1. The van der Waals surface area contributed by atoms with Gasteiger partial charge in [-0.1, -0.05) is 0 Å². The second-order valence-electron chi connectivity index (χ2n) is 10.6. The lowest BCUT2D eigenvalue weighted by Crippen LogP contribution is -2.48. The van der Waals surface area contributed by atoms with Gasteiger partial charge in [0.2, 0.25) is 0 Å². The van der Waals surface area contributed by atoms with Crippen molar-refractivity contribution in [3.05, 3.63) is 65.2 Å². The zero-order valence-electron chi connectivity index (χ0n) is 22.0. The number of H-pyrrole nitrogens is 2. The number of rotatable bonds is 6. The Labute approximate surface area is 230 Å². The number of aromatic amines is 2. The summed E-state index contributed by atoms with van der Waals surface area (Å²) in [6, 6.07) is 0. The van der Waals surface area contributed by atoms with Crippen molar-refractivity contribution in [2.45, 2.75) is 75.3 Å². The molecule has 0 amide bonds. The number of nitrogens with one attached hydrogen (secondary N) is 2. The van der Waals surface area contributed by atoms with Crippen LogP contribution in [0.4, 0.5) is 0 Å². The highest BCUT2D eigenvalue weighted by atomic mass is 31.2. The number of aliphatic hydroxyl groups excluding tert-OH is 2. The predicted octanol–water partition coefficient (Wildman–Crippen LogP) is -2.76. The van der Waals surface area contributed by atoms with Crippen LogP contribution in [0.1, 0.15) is 36.4 Å². The molecule has 4 aliphatic heterocycles. The molecule has 4 N–H and O–H groups in total. The third kappa shape index (κ3) is 4.85. The number of ether oxygens (including phenoxy) is 3. The van der Waals surface area contributed by atoms with Gasteiger partial charge < -0.3 is 29.3 Å². The maximum atomic E-state index is 13.7. The largest absolute Gasteiger partial charge is 0.606 e. The van der Waals surface area contributed by atoms with Gasteiger partial charge in [-0.15, -0.1) is 0 Å². The lowest BCUT2D eigenvalue weighted by atomic mass is 10.0. The first-order valence-electron chi connectivity index (χ1n) is 12.9. The van der Waals surface area contributed by atoms with Crippen LogP contribution in [-0.2, 0) is 27.8 Å². The summed E-state index contributed by atoms with van der Waals surface area (Å²) >= 11 is 0. The Morgan fingerprint density at radius 2 is 1.76 bits per heavy atom. The van der Waals surface area contributed by atoms with Gasteiger partial charge in [0.05, 0.1) is 25.9 Å². The molecule has 9 atom stereocenters. The van der Waals surface area contributed by atoms with Crippen molar-refractivity contribution in [2.24, 2.45) is 0 Å². The van der Waals surface area contributed by atoms with Crippen molar-refractivity contribution in [1.29, 1.82) is 0 Å². The van der Waals surface area contributed by atoms with E-state index in [1.54, 1.807) is 0 Å². The Morgan fingerprint density at radius 3 is 2.44 bits per heavy atom. The summed E-state index contributed by atoms with van der Waals surface area (Å²) in [7, 11) is -4.37. The minimum absolute atomic E-state index is 0.00302. The summed E-state index contributed by atoms with van der Waals surface area (Å²) in [4.78, 5) is 66.5. The lowest BCUT2D eigenvalue weighted by Gasteiger charge is -2.37. The third-order valence-electron chi connectivity index (χ3n) is 7.78. The van der Waals surface area contributed by atoms with E-state index >= 15 is 0 Å². The molecule has 41 heavy (non-hydrogen) atoms. The monoisotopic (exact) mass is 600 g/mol. The summed E-state index contributed by atoms with van der Waals surface area (Å²) in [6.45, 7) is 2.16. The Kier molecular flexibility index (Phi) is 7.17. The van der Waals surface area contributed by atoms with Crippen molar-refractivity contribution in [3.8, 4) is 0 Å². The number of aliphatic hydroxyl groups is 2. The van der Waals surface area contributed by atoms with Crippen molar-refractivity contribution >= 4 is 8.17 Å². The van der Waals surface area contributed by atoms with Crippen molar-refractivity contribution in [3.63, 3.8) is 0 Å². The molecule has 224 valence electrons. The normalized spacial score (nSPS) is 38.5. The molecule has 0 saturated carbocycles. The van der Waals surface area contributed by atoms with E-state index in [4.69, 9.17) is 27.8 Å². The molecular formula is C23H29N4O13P. The molecule has 4 aliphatic rings. The van der Waals surface area contributed by atoms with Crippen LogP contribution in [-0.4, -0.2) is 85.3 Å². The fourth-order valence-electron chi connectivity index (χ4n) is 5.60. The summed E-state index contributed by atoms with van der Waals surface area (Å²) in [5, 5.41) is 21.0. The zero-order chi connectivity index (χ0) is 29.3. The molecule has 4 fully saturated rings. The molecule has 17 nitrogen and oxygen atoms in total. The Hall–Kier alpha value is -2.57. The molecule has 6 heterocycles. The van der Waals surface area contributed by atoms with Gasteiger partial charge in [-0.2, -0.15) is 13.6 Å². The number of aromatic nitrogens is 4. The number of hydrogen-bond acceptors (Lipinski definition) is 13. The van der Waals surface area contributed by atoms with Crippen LogP contribution in [0, 0.1) is 13.8 Å². The Balaban J connectivity index is 1.20. The average molecular weight is 600 g/mol. The van der Waals surface area contributed by atoms with Gasteiger partial charge in [0.1, 0.15) is 24.5 Å². The SMILES string of the molecule is Cc1cn([C@@H]2O[C@@]3(CO)CO[C@@H]2[C@@H]3O[P+]2([O-])OCC[C@H](C3O[C@@H](n4cc(C)c(=O)[nH]c4=O)C[C@@H]3O)O2)c(=O)[nH]c1=O. The first-order chi connectivity index (χ1) is 19.4. The van der Waals surface area contributed by atoms with Gasteiger partial charge in [-0.25, -0.2) is 9.59 Å². The molecule has 2 aromatic rings. The molecule has 4 saturated heterocycles. The van der Waals surface area contributed by atoms with E-state index in [0.717, 1.165) is 9.13 Å². The average Bonchev–Trinajstić information content (AvgIpc) is 3.57. The van der Waals surface area contributed by atoms with Gasteiger partial charge >= 0.3 is 19.5 Å². The summed E-state index contributed by atoms with van der Waals surface area (Å²) in [6.07, 6.45) is -4.61. The minimum Gasteiger partial charge on any atom is -0.606 e. The standard InChI is InChI=1S/C23H29N4O13P/c1-10-6-26(21(32)24-18(10)30)14-5-12(29)15(37-14)13-3-4-36-41(34,39-13)40-17-16-20(38-23(17,8-28)9-35-16)27-7-11(2)19(31)25-22(27)33/h6-7,12-17,20,28-29H,3-5,8-9H2,1-2H3,(H,24,30,32)(H,25,31,33)/t12-,13+,14+,15?,16+,17-,20+,23-,41?/m0/s1. The smallest absolute Gasteiger partial charge is 0.380 e. The van der Waals surface area contributed by atoms with Crippen LogP contribution in [0.25, 0.3) is 0 Å². The first kappa shape index (κ1) is 28.5. The van der Waals surface area contributed by atoms with E-state index in [1.807, 2.05) is 0 Å². The van der Waals surface area contributed by atoms with Gasteiger partial charge in [0.15, 0.2) is 17.9 Å². The van der Waals surface area contributed by atoms with Crippen LogP contribution >= 0.6 is 8.17 Å². The van der Waals surface area contributed by atoms with Crippen molar-refractivity contribution < 1.29 is 42.9 Å². The molecule has 2 unspecified atom stereocenters. The van der Waals surface area contributed by atoms with Crippen LogP contribution in [0.5, 0.6) is 0 Å². The first-order valence-corrected chi connectivity index (χ1v) is 14.4. The topological polar surface area (TPSA) is 229 Å². The highest BCUT2D eigenvalue weighted by molar-refractivity contribution is 7.54. The maximum Gasteiger partial charge on any atom is 0.380 e. The second kappa shape index (κ2) is 10.3. The lowest BCUT2D eigenvalue weighted by molar-refractivity contribution is -0.275. The van der Waals surface area contributed by atoms with Gasteiger partial charge in [-0.3, -0.25) is 28.7 Å². The molecule has 2 aromatic heterocycles. The van der Waals surface area contributed by atoms with E-state index < -0.39 is 85.9 Å². The van der Waals surface area contributed by atoms with Crippen molar-refractivity contribution in [2.75, 3.05) is 19.8 Å². The van der Waals surface area contributed by atoms with Crippen LogP contribution in [0.15, 0.2) is 31.6 Å². The number of phosphoric acid groups is 1. The third-order valence-corrected chi connectivity index (χ3v) is 9.29. The highest BCUT2D eigenvalue weighted by Gasteiger charge is 2.67. The highest BCUT2D eigenvalue weighted by Crippen LogP contribution is 2.63. The number of nitrogens with zero attached hydrogens (tertiary/aromatic N) is 2. The summed E-state index contributed by atoms with van der Waals surface area (Å²) in [5.74, 6) is 0. The van der Waals surface area contributed by atoms with E-state index in [0.29, 0.717) is 0 Å². The van der Waals surface area contributed by atoms with Gasteiger partial charge in [0.25, 0.3) is 11.1 Å². The molecule has 2 bridgehead atoms. The molecule has 0 spiro atoms. The van der Waals surface area contributed by atoms with E-state index in [1.165, 1.54) is 26.2 Å². The Bertz CT molecular complexity index is 1570. The van der Waals surface area contributed by atoms with Crippen LogP contribution < -0.4 is 27.4 Å². The minimum atomic E-state index is -4.37. The quantitative estimate of drug-likeness (QED) is 0.247. The van der Waals surface area contributed by atoms with E-state index in [9.17, 15) is 34.3 Å². The molecule has 0 aromatic carbocycles. The summed E-state index contributed by atoms with van der Waals surface area (Å²) < 4.78 is 36.9. The molecule has 0 aliphatic carbocycles. The molecule has 0 radical (unpaired) electrons. The van der Waals surface area contributed by atoms with E-state index in [-0.39, 0.29) is 37.2 Å². The number of aryl methyl sites for hydroxylation is 2. The summed E-state index contributed by atoms with van der Waals surface area (Å²) in [5.41, 5.74) is -3.61. The number of fused-ring (bicyclic) bond motifs is 2. The fourth-order valence-corrected chi connectivity index (χ4v) is 7.24. The predicted molar refractivity (Wildman–Crippen MR) is 134 cm³/mol.